The SMILES string of the molecule is CC(=O)c1c(O)c(C)c(O)c2c1OC1=CC(=O)/C(=C(/C)N[C@@H](Cc3ccccc3)C(=O)N3C[C@H]4C[C@@H](C3)c3cccc(=O)n3C4)C(=O)[C@@]12C. The molecule has 2 aromatic carbocycles. The average Bonchev–Trinajstić information content (AvgIpc) is 3.36. The second-order valence-corrected chi connectivity index (χ2v) is 13.7. The van der Waals surface area contributed by atoms with Crippen LogP contribution >= 0.6 is 0 Å². The fourth-order valence-electron chi connectivity index (χ4n) is 8.04. The molecule has 1 amide bonds. The number of hydrogen-bond donors (Lipinski definition) is 3. The zero-order valence-corrected chi connectivity index (χ0v) is 27.7. The van der Waals surface area contributed by atoms with Crippen LogP contribution in [0.5, 0.6) is 17.2 Å². The van der Waals surface area contributed by atoms with Gasteiger partial charge in [-0.1, -0.05) is 36.4 Å². The summed E-state index contributed by atoms with van der Waals surface area (Å²) in [6.07, 6.45) is 2.32. The maximum Gasteiger partial charge on any atom is 0.250 e. The van der Waals surface area contributed by atoms with Gasteiger partial charge in [0.15, 0.2) is 17.3 Å². The van der Waals surface area contributed by atoms with Crippen molar-refractivity contribution >= 4 is 23.3 Å². The second kappa shape index (κ2) is 11.6. The summed E-state index contributed by atoms with van der Waals surface area (Å²) in [6, 6.07) is 13.9. The number of benzene rings is 2. The highest BCUT2D eigenvalue weighted by Gasteiger charge is 2.56. The van der Waals surface area contributed by atoms with E-state index in [-0.39, 0.29) is 69.2 Å². The van der Waals surface area contributed by atoms with Crippen molar-refractivity contribution in [1.29, 1.82) is 0 Å². The molecule has 4 atom stereocenters. The number of rotatable bonds is 6. The minimum Gasteiger partial charge on any atom is -0.507 e. The predicted octanol–water partition coefficient (Wildman–Crippen LogP) is 3.58. The van der Waals surface area contributed by atoms with Crippen molar-refractivity contribution in [2.75, 3.05) is 13.1 Å². The van der Waals surface area contributed by atoms with Gasteiger partial charge in [-0.3, -0.25) is 24.0 Å². The highest BCUT2D eigenvalue weighted by molar-refractivity contribution is 6.31. The molecule has 0 unspecified atom stereocenters. The van der Waals surface area contributed by atoms with Gasteiger partial charge in [0, 0.05) is 61.1 Å². The van der Waals surface area contributed by atoms with Gasteiger partial charge in [-0.05, 0) is 51.7 Å². The van der Waals surface area contributed by atoms with Crippen molar-refractivity contribution < 1.29 is 34.1 Å². The summed E-state index contributed by atoms with van der Waals surface area (Å²) in [5.41, 5.74) is -0.120. The van der Waals surface area contributed by atoms with Gasteiger partial charge in [-0.2, -0.15) is 0 Å². The van der Waals surface area contributed by atoms with E-state index < -0.39 is 40.3 Å². The first-order valence-corrected chi connectivity index (χ1v) is 16.4. The Hall–Kier alpha value is -5.45. The Bertz CT molecular complexity index is 2100. The number of ketones is 3. The lowest BCUT2D eigenvalue weighted by molar-refractivity contribution is -0.136. The van der Waals surface area contributed by atoms with E-state index in [9.17, 15) is 34.2 Å². The first-order chi connectivity index (χ1) is 23.3. The number of aromatic hydroxyl groups is 2. The van der Waals surface area contributed by atoms with E-state index in [1.54, 1.807) is 19.1 Å². The van der Waals surface area contributed by atoms with Gasteiger partial charge in [0.25, 0.3) is 5.56 Å². The summed E-state index contributed by atoms with van der Waals surface area (Å²) in [6.45, 7) is 7.18. The minimum atomic E-state index is -1.68. The van der Waals surface area contributed by atoms with Crippen LogP contribution in [0.15, 0.2) is 76.4 Å². The maximum absolute atomic E-state index is 14.4. The van der Waals surface area contributed by atoms with E-state index >= 15 is 0 Å². The quantitative estimate of drug-likeness (QED) is 0.204. The Morgan fingerprint density at radius 3 is 2.45 bits per heavy atom. The lowest BCUT2D eigenvalue weighted by atomic mass is 9.70. The molecule has 1 saturated heterocycles. The maximum atomic E-state index is 14.4. The van der Waals surface area contributed by atoms with Gasteiger partial charge in [0.2, 0.25) is 5.91 Å². The molecule has 3 aliphatic heterocycles. The van der Waals surface area contributed by atoms with Gasteiger partial charge < -0.3 is 29.7 Å². The molecule has 7 rings (SSSR count). The van der Waals surface area contributed by atoms with E-state index in [4.69, 9.17) is 4.74 Å². The highest BCUT2D eigenvalue weighted by Crippen LogP contribution is 2.57. The number of carbonyl (C=O) groups is 4. The molecule has 0 saturated carbocycles. The van der Waals surface area contributed by atoms with Gasteiger partial charge >= 0.3 is 0 Å². The summed E-state index contributed by atoms with van der Waals surface area (Å²) in [4.78, 5) is 69.4. The minimum absolute atomic E-state index is 0.00166. The molecule has 1 fully saturated rings. The van der Waals surface area contributed by atoms with Crippen LogP contribution in [-0.2, 0) is 32.8 Å². The molecule has 0 radical (unpaired) electrons. The van der Waals surface area contributed by atoms with Gasteiger partial charge in [0.1, 0.15) is 40.0 Å². The van der Waals surface area contributed by atoms with Crippen LogP contribution in [0, 0.1) is 12.8 Å². The second-order valence-electron chi connectivity index (χ2n) is 13.7. The number of pyridine rings is 1. The number of allylic oxidation sites excluding steroid dienone is 4. The zero-order valence-electron chi connectivity index (χ0n) is 27.7. The lowest BCUT2D eigenvalue weighted by Crippen LogP contribution is -2.54. The summed E-state index contributed by atoms with van der Waals surface area (Å²) in [7, 11) is 0. The number of piperidine rings is 1. The molecule has 3 aromatic rings. The van der Waals surface area contributed by atoms with E-state index in [2.05, 4.69) is 5.32 Å². The Labute approximate surface area is 282 Å². The third-order valence-electron chi connectivity index (χ3n) is 10.5. The number of aromatic nitrogens is 1. The zero-order chi connectivity index (χ0) is 34.9. The highest BCUT2D eigenvalue weighted by atomic mass is 16.5. The van der Waals surface area contributed by atoms with Crippen molar-refractivity contribution in [3.63, 3.8) is 0 Å². The van der Waals surface area contributed by atoms with Crippen molar-refractivity contribution in [3.8, 4) is 17.2 Å². The molecule has 3 N–H and O–H groups in total. The van der Waals surface area contributed by atoms with E-state index in [0.29, 0.717) is 19.6 Å². The molecule has 0 spiro atoms. The Morgan fingerprint density at radius 1 is 1.00 bits per heavy atom. The third kappa shape index (κ3) is 4.98. The fourth-order valence-corrected chi connectivity index (χ4v) is 8.04. The van der Waals surface area contributed by atoms with Gasteiger partial charge in [0.05, 0.1) is 11.1 Å². The number of nitrogens with one attached hydrogen (secondary N) is 1. The van der Waals surface area contributed by atoms with Gasteiger partial charge in [-0.25, -0.2) is 0 Å². The molecule has 252 valence electrons. The number of hydrogen-bond acceptors (Lipinski definition) is 9. The van der Waals surface area contributed by atoms with Crippen LogP contribution in [0.3, 0.4) is 0 Å². The molecule has 4 aliphatic rings. The molecular formula is C38H37N3O8. The molecule has 4 heterocycles. The third-order valence-corrected chi connectivity index (χ3v) is 10.5. The smallest absolute Gasteiger partial charge is 0.250 e. The molecule has 1 aliphatic carbocycles. The number of ether oxygens (including phenoxy) is 1. The van der Waals surface area contributed by atoms with Crippen LogP contribution < -0.4 is 15.6 Å². The normalized spacial score (nSPS) is 23.8. The first kappa shape index (κ1) is 32.1. The van der Waals surface area contributed by atoms with Crippen LogP contribution in [0.2, 0.25) is 0 Å². The van der Waals surface area contributed by atoms with E-state index in [1.807, 2.05) is 45.9 Å². The van der Waals surface area contributed by atoms with E-state index in [1.165, 1.54) is 20.8 Å². The van der Waals surface area contributed by atoms with Crippen LogP contribution in [0.1, 0.15) is 65.9 Å². The van der Waals surface area contributed by atoms with Gasteiger partial charge in [-0.15, -0.1) is 0 Å². The van der Waals surface area contributed by atoms with Crippen molar-refractivity contribution in [3.05, 3.63) is 110 Å². The molecular weight excluding hydrogens is 626 g/mol. The Kier molecular flexibility index (Phi) is 7.61. The molecule has 1 aromatic heterocycles. The number of phenols is 2. The fraction of sp³-hybridized carbons (Fsp3) is 0.342. The summed E-state index contributed by atoms with van der Waals surface area (Å²) < 4.78 is 7.70. The number of nitrogens with zero attached hydrogens (tertiary/aromatic N) is 2. The molecule has 11 nitrogen and oxygen atoms in total. The standard InChI is InChI=1S/C38H37N3O8/c1-19-33(45)31(21(3)42)35-32(34(19)46)38(4)28(49-35)15-27(43)30(36(38)47)20(2)39-25(14-22-9-6-5-7-10-22)37(48)40-16-23-13-24(18-40)26-11-8-12-29(44)41(26)17-23/h5-12,15,23-25,39,45-46H,13-14,16-18H2,1-4H3/b30-20+/t23-,24+,25+,38+/m1/s1. The van der Waals surface area contributed by atoms with Crippen LogP contribution in [0.4, 0.5) is 0 Å². The topological polar surface area (TPSA) is 155 Å². The number of amides is 1. The molecule has 11 heteroatoms. The summed E-state index contributed by atoms with van der Waals surface area (Å²) in [5, 5.41) is 25.1. The van der Waals surface area contributed by atoms with Crippen LogP contribution in [0.25, 0.3) is 0 Å². The summed E-state index contributed by atoms with van der Waals surface area (Å²) in [5.74, 6) is -3.03. The number of fused-ring (bicyclic) bond motifs is 7. The number of likely N-dealkylation sites (tertiary alicyclic amines) is 1. The number of phenolic OH excluding ortho intramolecular Hbond substituents is 2. The Balaban J connectivity index is 1.25. The molecule has 49 heavy (non-hydrogen) atoms. The van der Waals surface area contributed by atoms with Crippen LogP contribution in [-0.4, -0.2) is 62.1 Å². The van der Waals surface area contributed by atoms with Crippen molar-refractivity contribution in [2.24, 2.45) is 5.92 Å². The number of Topliss-reactive ketones (excluding diaryl/α,β-unsaturated/α-hetero) is 2. The van der Waals surface area contributed by atoms with E-state index in [0.717, 1.165) is 23.8 Å². The Morgan fingerprint density at radius 2 is 1.73 bits per heavy atom. The monoisotopic (exact) mass is 663 g/mol. The van der Waals surface area contributed by atoms with Crippen molar-refractivity contribution in [1.82, 2.24) is 14.8 Å². The first-order valence-electron chi connectivity index (χ1n) is 16.4. The predicted molar refractivity (Wildman–Crippen MR) is 178 cm³/mol. The number of carbonyl (C=O) groups excluding carboxylic acids is 4. The van der Waals surface area contributed by atoms with Crippen molar-refractivity contribution in [2.45, 2.75) is 64.5 Å². The average molecular weight is 664 g/mol. The molecule has 2 bridgehead atoms. The lowest BCUT2D eigenvalue weighted by Gasteiger charge is -2.43. The largest absolute Gasteiger partial charge is 0.507 e. The summed E-state index contributed by atoms with van der Waals surface area (Å²) >= 11 is 0.